The molecule has 0 atom stereocenters. The average Bonchev–Trinajstić information content (AvgIpc) is 3.10. The number of benzene rings is 1. The number of pyridine rings is 1. The first-order valence-electron chi connectivity index (χ1n) is 8.82. The lowest BCUT2D eigenvalue weighted by Gasteiger charge is -2.09. The number of nitrogens with zero attached hydrogens (tertiary/aromatic N) is 4. The number of thioether (sulfide) groups is 1. The zero-order valence-corrected chi connectivity index (χ0v) is 17.4. The fourth-order valence-corrected chi connectivity index (χ4v) is 3.36. The molecule has 0 saturated carbocycles. The topological polar surface area (TPSA) is 81.9 Å². The summed E-state index contributed by atoms with van der Waals surface area (Å²) in [4.78, 5) is 16.2. The number of rotatable bonds is 9. The molecule has 1 amide bonds. The Hall–Kier alpha value is -2.84. The van der Waals surface area contributed by atoms with Crippen LogP contribution < -0.4 is 10.1 Å². The lowest BCUT2D eigenvalue weighted by Crippen LogP contribution is -2.15. The molecule has 1 N–H and O–H groups in total. The zero-order valence-electron chi connectivity index (χ0n) is 15.8. The van der Waals surface area contributed by atoms with Gasteiger partial charge in [0.2, 0.25) is 5.91 Å². The van der Waals surface area contributed by atoms with Gasteiger partial charge in [-0.05, 0) is 31.2 Å². The summed E-state index contributed by atoms with van der Waals surface area (Å²) in [6.07, 6.45) is 3.31. The molecule has 0 saturated heterocycles. The predicted molar refractivity (Wildman–Crippen MR) is 114 cm³/mol. The van der Waals surface area contributed by atoms with E-state index >= 15 is 0 Å². The maximum atomic E-state index is 12.2. The lowest BCUT2D eigenvalue weighted by molar-refractivity contribution is -0.113. The molecular weight excluding hydrogens is 410 g/mol. The van der Waals surface area contributed by atoms with E-state index in [-0.39, 0.29) is 23.4 Å². The van der Waals surface area contributed by atoms with Crippen molar-refractivity contribution >= 4 is 35.0 Å². The van der Waals surface area contributed by atoms with Crippen molar-refractivity contribution in [2.24, 2.45) is 0 Å². The summed E-state index contributed by atoms with van der Waals surface area (Å²) in [5, 5.41) is 12.0. The highest BCUT2D eigenvalue weighted by molar-refractivity contribution is 7.99. The van der Waals surface area contributed by atoms with Gasteiger partial charge in [-0.25, -0.2) is 4.98 Å². The number of anilines is 1. The number of halogens is 1. The highest BCUT2D eigenvalue weighted by atomic mass is 35.5. The third-order valence-electron chi connectivity index (χ3n) is 3.86. The number of nitrogens with one attached hydrogen (secondary N) is 1. The molecule has 2 heterocycles. The molecule has 0 spiro atoms. The van der Waals surface area contributed by atoms with Gasteiger partial charge in [-0.3, -0.25) is 9.36 Å². The molecule has 0 unspecified atom stereocenters. The van der Waals surface area contributed by atoms with Crippen molar-refractivity contribution in [2.45, 2.75) is 25.2 Å². The smallest absolute Gasteiger partial charge is 0.234 e. The normalized spacial score (nSPS) is 10.6. The van der Waals surface area contributed by atoms with Crippen molar-refractivity contribution in [3.8, 4) is 5.75 Å². The highest BCUT2D eigenvalue weighted by Gasteiger charge is 2.15. The second kappa shape index (κ2) is 10.1. The van der Waals surface area contributed by atoms with E-state index in [1.54, 1.807) is 24.4 Å². The Morgan fingerprint density at radius 2 is 2.10 bits per heavy atom. The van der Waals surface area contributed by atoms with Crippen LogP contribution in [0.3, 0.4) is 0 Å². The molecule has 29 heavy (non-hydrogen) atoms. The molecule has 1 aromatic carbocycles. The number of hydrogen-bond acceptors (Lipinski definition) is 6. The first-order valence-corrected chi connectivity index (χ1v) is 10.2. The number of aromatic nitrogens is 4. The maximum absolute atomic E-state index is 12.2. The van der Waals surface area contributed by atoms with Crippen LogP contribution in [0.4, 0.5) is 5.69 Å². The van der Waals surface area contributed by atoms with Gasteiger partial charge in [-0.15, -0.1) is 16.8 Å². The minimum absolute atomic E-state index is 0.152. The van der Waals surface area contributed by atoms with E-state index in [2.05, 4.69) is 27.1 Å². The molecule has 0 aliphatic rings. The third-order valence-corrected chi connectivity index (χ3v) is 5.13. The van der Waals surface area contributed by atoms with Gasteiger partial charge < -0.3 is 10.1 Å². The summed E-state index contributed by atoms with van der Waals surface area (Å²) in [6, 6.07) is 11.2. The summed E-state index contributed by atoms with van der Waals surface area (Å²) in [5.74, 6) is 1.35. The van der Waals surface area contributed by atoms with Crippen LogP contribution in [0.25, 0.3) is 0 Å². The number of allylic oxidation sites excluding steroid dienone is 1. The number of aryl methyl sites for hydroxylation is 1. The average molecular weight is 430 g/mol. The maximum Gasteiger partial charge on any atom is 0.234 e. The predicted octanol–water partition coefficient (Wildman–Crippen LogP) is 4.13. The van der Waals surface area contributed by atoms with E-state index in [1.807, 2.05) is 35.8 Å². The van der Waals surface area contributed by atoms with Crippen LogP contribution >= 0.6 is 23.4 Å². The Balaban J connectivity index is 1.61. The summed E-state index contributed by atoms with van der Waals surface area (Å²) >= 11 is 7.24. The molecule has 150 valence electrons. The first kappa shape index (κ1) is 20.9. The van der Waals surface area contributed by atoms with E-state index in [9.17, 15) is 4.79 Å². The quantitative estimate of drug-likeness (QED) is 0.313. The molecule has 9 heteroatoms. The fraction of sp³-hybridized carbons (Fsp3) is 0.200. The molecule has 3 rings (SSSR count). The van der Waals surface area contributed by atoms with E-state index < -0.39 is 0 Å². The number of carbonyl (C=O) groups is 1. The Kier molecular flexibility index (Phi) is 7.26. The first-order chi connectivity index (χ1) is 14.1. The number of amides is 1. The summed E-state index contributed by atoms with van der Waals surface area (Å²) in [6.45, 7) is 6.58. The second-order valence-electron chi connectivity index (χ2n) is 6.08. The van der Waals surface area contributed by atoms with Crippen LogP contribution in [0.15, 0.2) is 60.4 Å². The minimum Gasteiger partial charge on any atom is -0.486 e. The van der Waals surface area contributed by atoms with Gasteiger partial charge in [0.25, 0.3) is 0 Å². The molecule has 0 bridgehead atoms. The molecule has 2 aromatic heterocycles. The van der Waals surface area contributed by atoms with E-state index in [4.69, 9.17) is 16.3 Å². The zero-order chi connectivity index (χ0) is 20.6. The number of carbonyl (C=O) groups excluding carboxylic acids is 1. The van der Waals surface area contributed by atoms with Gasteiger partial charge in [0.1, 0.15) is 12.4 Å². The summed E-state index contributed by atoms with van der Waals surface area (Å²) in [7, 11) is 0. The lowest BCUT2D eigenvalue weighted by atomic mass is 10.2. The molecule has 3 aromatic rings. The molecular formula is C20H20ClN5O2S. The molecule has 0 aliphatic carbocycles. The summed E-state index contributed by atoms with van der Waals surface area (Å²) < 4.78 is 7.67. The Bertz CT molecular complexity index is 991. The van der Waals surface area contributed by atoms with E-state index in [1.165, 1.54) is 11.8 Å². The van der Waals surface area contributed by atoms with Crippen LogP contribution in [0.2, 0.25) is 5.15 Å². The number of hydrogen-bond donors (Lipinski definition) is 1. The second-order valence-corrected chi connectivity index (χ2v) is 7.38. The van der Waals surface area contributed by atoms with Gasteiger partial charge in [0, 0.05) is 12.7 Å². The number of ether oxygens (including phenoxy) is 1. The van der Waals surface area contributed by atoms with E-state index in [0.29, 0.717) is 23.2 Å². The molecule has 0 aliphatic heterocycles. The largest absolute Gasteiger partial charge is 0.486 e. The van der Waals surface area contributed by atoms with Crippen LogP contribution in [-0.2, 0) is 17.9 Å². The highest BCUT2D eigenvalue weighted by Crippen LogP contribution is 2.21. The van der Waals surface area contributed by atoms with Crippen molar-refractivity contribution in [3.63, 3.8) is 0 Å². The van der Waals surface area contributed by atoms with Crippen LogP contribution in [0, 0.1) is 6.92 Å². The van der Waals surface area contributed by atoms with Gasteiger partial charge in [-0.1, -0.05) is 47.1 Å². The Labute approximate surface area is 178 Å². The fourth-order valence-electron chi connectivity index (χ4n) is 2.42. The standard InChI is InChI=1S/C20H20ClN5O2S/c1-3-11-26-17(12-28-15-8-6-14(2)7-9-15)24-25-20(26)29-13-18(27)23-16-5-4-10-22-19(16)21/h3-10H,1,11-13H2,2H3,(H,23,27). The minimum atomic E-state index is -0.212. The van der Waals surface area contributed by atoms with Crippen molar-refractivity contribution in [2.75, 3.05) is 11.1 Å². The van der Waals surface area contributed by atoms with Gasteiger partial charge >= 0.3 is 0 Å². The molecule has 0 fully saturated rings. The Morgan fingerprint density at radius 3 is 2.83 bits per heavy atom. The van der Waals surface area contributed by atoms with Crippen LogP contribution in [-0.4, -0.2) is 31.4 Å². The van der Waals surface area contributed by atoms with Gasteiger partial charge in [0.05, 0.1) is 11.4 Å². The third kappa shape index (κ3) is 5.82. The summed E-state index contributed by atoms with van der Waals surface area (Å²) in [5.41, 5.74) is 1.64. The molecule has 0 radical (unpaired) electrons. The van der Waals surface area contributed by atoms with Gasteiger partial charge in [0.15, 0.2) is 16.1 Å². The van der Waals surface area contributed by atoms with Crippen molar-refractivity contribution < 1.29 is 9.53 Å². The van der Waals surface area contributed by atoms with Crippen LogP contribution in [0.5, 0.6) is 5.75 Å². The van der Waals surface area contributed by atoms with E-state index in [0.717, 1.165) is 11.3 Å². The van der Waals surface area contributed by atoms with Crippen molar-refractivity contribution in [1.29, 1.82) is 0 Å². The van der Waals surface area contributed by atoms with Crippen molar-refractivity contribution in [3.05, 3.63) is 71.8 Å². The van der Waals surface area contributed by atoms with Gasteiger partial charge in [-0.2, -0.15) is 0 Å². The Morgan fingerprint density at radius 1 is 1.31 bits per heavy atom. The molecule has 7 nitrogen and oxygen atoms in total. The SMILES string of the molecule is C=CCn1c(COc2ccc(C)cc2)nnc1SCC(=O)Nc1cccnc1Cl. The van der Waals surface area contributed by atoms with Crippen molar-refractivity contribution in [1.82, 2.24) is 19.7 Å². The van der Waals surface area contributed by atoms with Crippen LogP contribution in [0.1, 0.15) is 11.4 Å². The monoisotopic (exact) mass is 429 g/mol.